The van der Waals surface area contributed by atoms with Crippen molar-refractivity contribution in [2.45, 2.75) is 0 Å². The van der Waals surface area contributed by atoms with Crippen molar-refractivity contribution in [2.75, 3.05) is 0 Å². The van der Waals surface area contributed by atoms with Crippen LogP contribution >= 0.6 is 0 Å². The smallest absolute Gasteiger partial charge is 0.164 e. The van der Waals surface area contributed by atoms with E-state index in [1.807, 2.05) is 66.7 Å². The molecule has 0 saturated heterocycles. The molecule has 8 rings (SSSR count). The second kappa shape index (κ2) is 9.43. The highest BCUT2D eigenvalue weighted by Crippen LogP contribution is 2.36. The van der Waals surface area contributed by atoms with E-state index in [2.05, 4.69) is 50.9 Å². The third-order valence-corrected chi connectivity index (χ3v) is 7.19. The van der Waals surface area contributed by atoms with Crippen molar-refractivity contribution in [1.82, 2.24) is 34.5 Å². The van der Waals surface area contributed by atoms with Crippen molar-refractivity contribution in [3.05, 3.63) is 128 Å². The van der Waals surface area contributed by atoms with Crippen LogP contribution in [0.15, 0.2) is 128 Å². The van der Waals surface area contributed by atoms with Crippen molar-refractivity contribution in [3.8, 4) is 39.9 Å². The number of benzene rings is 3. The molecule has 0 radical (unpaired) electrons. The van der Waals surface area contributed by atoms with Gasteiger partial charge in [0.05, 0.1) is 27.8 Å². The summed E-state index contributed by atoms with van der Waals surface area (Å²) >= 11 is 0. The van der Waals surface area contributed by atoms with Crippen molar-refractivity contribution in [2.24, 2.45) is 0 Å². The summed E-state index contributed by atoms with van der Waals surface area (Å²) in [5.41, 5.74) is 7.84. The molecular formula is C34H21N7. The molecule has 8 aromatic rings. The summed E-state index contributed by atoms with van der Waals surface area (Å²) in [7, 11) is 0. The van der Waals surface area contributed by atoms with Gasteiger partial charge in [0, 0.05) is 52.4 Å². The summed E-state index contributed by atoms with van der Waals surface area (Å²) in [4.78, 5) is 28.9. The highest BCUT2D eigenvalue weighted by molar-refractivity contribution is 6.09. The van der Waals surface area contributed by atoms with Crippen molar-refractivity contribution < 1.29 is 0 Å². The van der Waals surface area contributed by atoms with E-state index >= 15 is 0 Å². The van der Waals surface area contributed by atoms with Crippen LogP contribution in [0.1, 0.15) is 0 Å². The average molecular weight is 528 g/mol. The minimum absolute atomic E-state index is 0.570. The molecule has 0 amide bonds. The predicted octanol–water partition coefficient (Wildman–Crippen LogP) is 7.31. The first-order chi connectivity index (χ1) is 20.3. The average Bonchev–Trinajstić information content (AvgIpc) is 3.45. The number of nitrogens with zero attached hydrogens (tertiary/aromatic N) is 7. The van der Waals surface area contributed by atoms with Gasteiger partial charge in [-0.3, -0.25) is 19.5 Å². The van der Waals surface area contributed by atoms with Crippen LogP contribution in [0.5, 0.6) is 0 Å². The Kier molecular flexibility index (Phi) is 5.31. The summed E-state index contributed by atoms with van der Waals surface area (Å²) in [6, 6.07) is 34.4. The summed E-state index contributed by atoms with van der Waals surface area (Å²) < 4.78 is 2.15. The van der Waals surface area contributed by atoms with Crippen LogP contribution in [0.3, 0.4) is 0 Å². The monoisotopic (exact) mass is 527 g/mol. The first kappa shape index (κ1) is 23.1. The van der Waals surface area contributed by atoms with E-state index < -0.39 is 0 Å². The van der Waals surface area contributed by atoms with Crippen molar-refractivity contribution in [3.63, 3.8) is 0 Å². The first-order valence-electron chi connectivity index (χ1n) is 13.3. The van der Waals surface area contributed by atoms with Crippen molar-refractivity contribution >= 4 is 32.8 Å². The molecule has 0 aliphatic heterocycles. The number of fused-ring (bicyclic) bond motifs is 4. The van der Waals surface area contributed by atoms with Gasteiger partial charge in [0.1, 0.15) is 5.69 Å². The predicted molar refractivity (Wildman–Crippen MR) is 161 cm³/mol. The van der Waals surface area contributed by atoms with Crippen LogP contribution in [0.2, 0.25) is 0 Å². The van der Waals surface area contributed by atoms with Gasteiger partial charge in [-0.1, -0.05) is 42.5 Å². The number of aromatic nitrogens is 7. The van der Waals surface area contributed by atoms with Crippen LogP contribution in [0.4, 0.5) is 0 Å². The van der Waals surface area contributed by atoms with Crippen LogP contribution in [-0.4, -0.2) is 34.5 Å². The Morgan fingerprint density at radius 2 is 1.37 bits per heavy atom. The minimum Gasteiger partial charge on any atom is -0.291 e. The molecule has 0 bridgehead atoms. The maximum atomic E-state index is 5.08. The van der Waals surface area contributed by atoms with Crippen LogP contribution in [0.25, 0.3) is 72.7 Å². The lowest BCUT2D eigenvalue weighted by molar-refractivity contribution is 1.07. The number of para-hydroxylation sites is 3. The maximum Gasteiger partial charge on any atom is 0.164 e. The van der Waals surface area contributed by atoms with Gasteiger partial charge in [0.25, 0.3) is 0 Å². The molecule has 0 saturated carbocycles. The standard InChI is InChI=1S/C34H21N7/c1-2-11-24(12-3-1)41-30-15-5-4-14-27(30)40-34(41)29-20-28(38-33(39-29)23-10-6-16-35-21-23)26-19-22-9-7-17-36-31(22)32-25(26)13-8-18-37-32/h1-21H. The van der Waals surface area contributed by atoms with E-state index in [9.17, 15) is 0 Å². The number of rotatable bonds is 4. The largest absolute Gasteiger partial charge is 0.291 e. The number of hydrogen-bond donors (Lipinski definition) is 0. The van der Waals surface area contributed by atoms with Crippen LogP contribution in [-0.2, 0) is 0 Å². The summed E-state index contributed by atoms with van der Waals surface area (Å²) in [6.45, 7) is 0. The second-order valence-corrected chi connectivity index (χ2v) is 9.70. The van der Waals surface area contributed by atoms with E-state index in [0.29, 0.717) is 11.5 Å². The highest BCUT2D eigenvalue weighted by Gasteiger charge is 2.20. The topological polar surface area (TPSA) is 82.3 Å². The number of hydrogen-bond acceptors (Lipinski definition) is 6. The Balaban J connectivity index is 1.46. The third kappa shape index (κ3) is 3.91. The SMILES string of the molecule is c1ccc(-n2c(-c3cc(-c4cc5cccnc5c5ncccc45)nc(-c4cccnc4)n3)nc3ccccc32)cc1. The number of pyridine rings is 3. The highest BCUT2D eigenvalue weighted by atomic mass is 15.1. The van der Waals surface area contributed by atoms with Gasteiger partial charge >= 0.3 is 0 Å². The fourth-order valence-corrected chi connectivity index (χ4v) is 5.35. The zero-order chi connectivity index (χ0) is 27.2. The Morgan fingerprint density at radius 1 is 0.585 bits per heavy atom. The summed E-state index contributed by atoms with van der Waals surface area (Å²) in [6.07, 6.45) is 7.13. The summed E-state index contributed by atoms with van der Waals surface area (Å²) in [5, 5.41) is 1.96. The van der Waals surface area contributed by atoms with Crippen LogP contribution in [0, 0.1) is 0 Å². The van der Waals surface area contributed by atoms with Gasteiger partial charge in [-0.15, -0.1) is 0 Å². The van der Waals surface area contributed by atoms with Crippen LogP contribution < -0.4 is 0 Å². The van der Waals surface area contributed by atoms with E-state index in [-0.39, 0.29) is 0 Å². The zero-order valence-electron chi connectivity index (χ0n) is 21.8. The van der Waals surface area contributed by atoms with Gasteiger partial charge in [0.2, 0.25) is 0 Å². The molecule has 5 aromatic heterocycles. The molecule has 7 nitrogen and oxygen atoms in total. The first-order valence-corrected chi connectivity index (χ1v) is 13.3. The Morgan fingerprint density at radius 3 is 2.24 bits per heavy atom. The van der Waals surface area contributed by atoms with Gasteiger partial charge in [-0.25, -0.2) is 15.0 Å². The minimum atomic E-state index is 0.570. The molecule has 0 aliphatic carbocycles. The molecule has 0 N–H and O–H groups in total. The molecular weight excluding hydrogens is 506 g/mol. The van der Waals surface area contributed by atoms with E-state index in [1.165, 1.54) is 0 Å². The molecule has 0 fully saturated rings. The maximum absolute atomic E-state index is 5.08. The summed E-state index contributed by atoms with van der Waals surface area (Å²) in [5.74, 6) is 1.30. The molecule has 0 spiro atoms. The molecule has 7 heteroatoms. The van der Waals surface area contributed by atoms with Gasteiger partial charge in [-0.2, -0.15) is 0 Å². The van der Waals surface area contributed by atoms with E-state index in [1.54, 1.807) is 24.8 Å². The lowest BCUT2D eigenvalue weighted by atomic mass is 10.0. The van der Waals surface area contributed by atoms with E-state index in [4.69, 9.17) is 19.9 Å². The van der Waals surface area contributed by atoms with Gasteiger partial charge < -0.3 is 0 Å². The zero-order valence-corrected chi connectivity index (χ0v) is 21.8. The van der Waals surface area contributed by atoms with Crippen molar-refractivity contribution in [1.29, 1.82) is 0 Å². The molecule has 0 aliphatic rings. The molecule has 0 unspecified atom stereocenters. The second-order valence-electron chi connectivity index (χ2n) is 9.70. The van der Waals surface area contributed by atoms with Gasteiger partial charge in [-0.05, 0) is 60.7 Å². The Labute approximate surface area is 234 Å². The fraction of sp³-hybridized carbons (Fsp3) is 0. The van der Waals surface area contributed by atoms with Gasteiger partial charge in [0.15, 0.2) is 11.6 Å². The molecule has 5 heterocycles. The quantitative estimate of drug-likeness (QED) is 0.223. The molecule has 192 valence electrons. The third-order valence-electron chi connectivity index (χ3n) is 7.19. The fourth-order valence-electron chi connectivity index (χ4n) is 5.35. The normalized spacial score (nSPS) is 11.4. The molecule has 41 heavy (non-hydrogen) atoms. The Bertz CT molecular complexity index is 2210. The lowest BCUT2D eigenvalue weighted by Gasteiger charge is -2.13. The lowest BCUT2D eigenvalue weighted by Crippen LogP contribution is -2.02. The van der Waals surface area contributed by atoms with E-state index in [0.717, 1.165) is 61.2 Å². The Hall–Kier alpha value is -5.82. The number of imidazole rings is 1. The molecule has 0 atom stereocenters. The molecule has 3 aromatic carbocycles.